The van der Waals surface area contributed by atoms with E-state index in [1.165, 1.54) is 0 Å². The number of carbonyl (C=O) groups excluding carboxylic acids is 1. The lowest BCUT2D eigenvalue weighted by Crippen LogP contribution is -2.02. The fraction of sp³-hybridized carbons (Fsp3) is 0.136. The molecule has 3 aromatic rings. The second kappa shape index (κ2) is 8.15. The van der Waals surface area contributed by atoms with Crippen molar-refractivity contribution < 1.29 is 14.3 Å². The minimum absolute atomic E-state index is 0.0274. The van der Waals surface area contributed by atoms with Crippen molar-refractivity contribution in [3.8, 4) is 11.5 Å². The molecule has 0 fully saturated rings. The second-order valence-electron chi connectivity index (χ2n) is 5.59. The molecule has 0 aliphatic rings. The molecule has 0 N–H and O–H groups in total. The molecular formula is C22H20O3. The van der Waals surface area contributed by atoms with Gasteiger partial charge in [-0.05, 0) is 36.8 Å². The molecule has 0 radical (unpaired) electrons. The summed E-state index contributed by atoms with van der Waals surface area (Å²) in [6.07, 6.45) is 0. The Balaban J connectivity index is 1.60. The maximum Gasteiger partial charge on any atom is 0.193 e. The molecule has 0 spiro atoms. The van der Waals surface area contributed by atoms with Crippen molar-refractivity contribution in [2.45, 2.75) is 13.5 Å². The largest absolute Gasteiger partial charge is 0.494 e. The van der Waals surface area contributed by atoms with Gasteiger partial charge in [0.1, 0.15) is 18.1 Å². The predicted molar refractivity (Wildman–Crippen MR) is 98.3 cm³/mol. The third-order valence-corrected chi connectivity index (χ3v) is 3.79. The molecule has 0 unspecified atom stereocenters. The van der Waals surface area contributed by atoms with E-state index in [0.717, 1.165) is 17.1 Å². The minimum Gasteiger partial charge on any atom is -0.494 e. The predicted octanol–water partition coefficient (Wildman–Crippen LogP) is 4.90. The molecule has 3 aromatic carbocycles. The zero-order chi connectivity index (χ0) is 17.5. The lowest BCUT2D eigenvalue weighted by atomic mass is 10.0. The number of hydrogen-bond acceptors (Lipinski definition) is 3. The highest BCUT2D eigenvalue weighted by Crippen LogP contribution is 2.19. The SMILES string of the molecule is CCOc1ccc(OCc2ccc(C(=O)c3ccccc3)cc2)cc1. The van der Waals surface area contributed by atoms with Gasteiger partial charge in [-0.2, -0.15) is 0 Å². The van der Waals surface area contributed by atoms with Crippen molar-refractivity contribution in [3.05, 3.63) is 95.6 Å². The minimum atomic E-state index is 0.0274. The van der Waals surface area contributed by atoms with Crippen LogP contribution in [0.3, 0.4) is 0 Å². The van der Waals surface area contributed by atoms with E-state index in [-0.39, 0.29) is 5.78 Å². The molecule has 126 valence electrons. The molecule has 0 atom stereocenters. The zero-order valence-electron chi connectivity index (χ0n) is 14.1. The van der Waals surface area contributed by atoms with E-state index < -0.39 is 0 Å². The summed E-state index contributed by atoms with van der Waals surface area (Å²) in [6, 6.07) is 24.4. The van der Waals surface area contributed by atoms with Crippen LogP contribution in [0, 0.1) is 0 Å². The van der Waals surface area contributed by atoms with Gasteiger partial charge in [0.25, 0.3) is 0 Å². The number of rotatable bonds is 7. The zero-order valence-corrected chi connectivity index (χ0v) is 14.1. The fourth-order valence-electron chi connectivity index (χ4n) is 2.47. The standard InChI is InChI=1S/C22H20O3/c1-2-24-20-12-14-21(15-13-20)25-16-17-8-10-19(11-9-17)22(23)18-6-4-3-5-7-18/h3-15H,2,16H2,1H3. The third kappa shape index (κ3) is 4.48. The summed E-state index contributed by atoms with van der Waals surface area (Å²) in [6.45, 7) is 3.05. The Hall–Kier alpha value is -3.07. The van der Waals surface area contributed by atoms with Crippen molar-refractivity contribution in [1.82, 2.24) is 0 Å². The summed E-state index contributed by atoms with van der Waals surface area (Å²) in [4.78, 5) is 12.4. The van der Waals surface area contributed by atoms with E-state index in [2.05, 4.69) is 0 Å². The second-order valence-corrected chi connectivity index (χ2v) is 5.59. The molecule has 0 aliphatic heterocycles. The first-order valence-corrected chi connectivity index (χ1v) is 8.30. The highest BCUT2D eigenvalue weighted by Gasteiger charge is 2.08. The van der Waals surface area contributed by atoms with Crippen LogP contribution in [-0.4, -0.2) is 12.4 Å². The van der Waals surface area contributed by atoms with Crippen LogP contribution in [0.4, 0.5) is 0 Å². The van der Waals surface area contributed by atoms with Crippen LogP contribution in [0.1, 0.15) is 28.4 Å². The van der Waals surface area contributed by atoms with E-state index in [0.29, 0.717) is 24.3 Å². The summed E-state index contributed by atoms with van der Waals surface area (Å²) < 4.78 is 11.2. The van der Waals surface area contributed by atoms with Gasteiger partial charge >= 0.3 is 0 Å². The maximum atomic E-state index is 12.4. The van der Waals surface area contributed by atoms with Crippen molar-refractivity contribution in [2.75, 3.05) is 6.61 Å². The van der Waals surface area contributed by atoms with Gasteiger partial charge in [0.15, 0.2) is 5.78 Å². The van der Waals surface area contributed by atoms with Gasteiger partial charge in [-0.1, -0.05) is 54.6 Å². The number of benzene rings is 3. The summed E-state index contributed by atoms with van der Waals surface area (Å²) in [5.74, 6) is 1.64. The first-order valence-electron chi connectivity index (χ1n) is 8.30. The average Bonchev–Trinajstić information content (AvgIpc) is 2.68. The molecule has 0 bridgehead atoms. The van der Waals surface area contributed by atoms with E-state index in [1.54, 1.807) is 0 Å². The summed E-state index contributed by atoms with van der Waals surface area (Å²) in [5, 5.41) is 0. The van der Waals surface area contributed by atoms with Gasteiger partial charge in [-0.3, -0.25) is 4.79 Å². The molecule has 3 nitrogen and oxygen atoms in total. The third-order valence-electron chi connectivity index (χ3n) is 3.79. The normalized spacial score (nSPS) is 10.3. The Labute approximate surface area is 147 Å². The summed E-state index contributed by atoms with van der Waals surface area (Å²) in [5.41, 5.74) is 2.38. The monoisotopic (exact) mass is 332 g/mol. The van der Waals surface area contributed by atoms with Crippen molar-refractivity contribution in [1.29, 1.82) is 0 Å². The van der Waals surface area contributed by atoms with Crippen molar-refractivity contribution in [2.24, 2.45) is 0 Å². The van der Waals surface area contributed by atoms with Crippen LogP contribution in [0.2, 0.25) is 0 Å². The Bertz CT molecular complexity index is 806. The Kier molecular flexibility index (Phi) is 5.47. The van der Waals surface area contributed by atoms with Crippen LogP contribution in [-0.2, 0) is 6.61 Å². The van der Waals surface area contributed by atoms with E-state index in [1.807, 2.05) is 85.8 Å². The van der Waals surface area contributed by atoms with Crippen molar-refractivity contribution in [3.63, 3.8) is 0 Å². The summed E-state index contributed by atoms with van der Waals surface area (Å²) >= 11 is 0. The first kappa shape index (κ1) is 16.8. The van der Waals surface area contributed by atoms with Gasteiger partial charge in [-0.15, -0.1) is 0 Å². The lowest BCUT2D eigenvalue weighted by molar-refractivity contribution is 0.103. The van der Waals surface area contributed by atoms with Gasteiger partial charge in [0.2, 0.25) is 0 Å². The Morgan fingerprint density at radius 3 is 1.88 bits per heavy atom. The molecule has 0 aromatic heterocycles. The van der Waals surface area contributed by atoms with Crippen LogP contribution < -0.4 is 9.47 Å². The molecular weight excluding hydrogens is 312 g/mol. The van der Waals surface area contributed by atoms with Gasteiger partial charge in [0, 0.05) is 11.1 Å². The smallest absolute Gasteiger partial charge is 0.193 e. The van der Waals surface area contributed by atoms with E-state index >= 15 is 0 Å². The van der Waals surface area contributed by atoms with Gasteiger partial charge < -0.3 is 9.47 Å². The van der Waals surface area contributed by atoms with Crippen LogP contribution in [0.5, 0.6) is 11.5 Å². The van der Waals surface area contributed by atoms with Gasteiger partial charge in [-0.25, -0.2) is 0 Å². The fourth-order valence-corrected chi connectivity index (χ4v) is 2.47. The summed E-state index contributed by atoms with van der Waals surface area (Å²) in [7, 11) is 0. The quantitative estimate of drug-likeness (QED) is 0.578. The molecule has 0 saturated carbocycles. The topological polar surface area (TPSA) is 35.5 Å². The molecule has 3 rings (SSSR count). The number of hydrogen-bond donors (Lipinski definition) is 0. The molecule has 0 aliphatic carbocycles. The van der Waals surface area contributed by atoms with Crippen LogP contribution >= 0.6 is 0 Å². The molecule has 0 saturated heterocycles. The average molecular weight is 332 g/mol. The first-order chi connectivity index (χ1) is 12.3. The number of ketones is 1. The van der Waals surface area contributed by atoms with Crippen LogP contribution in [0.15, 0.2) is 78.9 Å². The molecule has 25 heavy (non-hydrogen) atoms. The lowest BCUT2D eigenvalue weighted by Gasteiger charge is -2.08. The molecule has 3 heteroatoms. The Morgan fingerprint density at radius 1 is 0.720 bits per heavy atom. The number of ether oxygens (including phenoxy) is 2. The van der Waals surface area contributed by atoms with E-state index in [4.69, 9.17) is 9.47 Å². The highest BCUT2D eigenvalue weighted by atomic mass is 16.5. The van der Waals surface area contributed by atoms with Crippen LogP contribution in [0.25, 0.3) is 0 Å². The molecule has 0 amide bonds. The number of carbonyl (C=O) groups is 1. The van der Waals surface area contributed by atoms with Gasteiger partial charge in [0.05, 0.1) is 6.61 Å². The Morgan fingerprint density at radius 2 is 1.28 bits per heavy atom. The molecule has 0 heterocycles. The van der Waals surface area contributed by atoms with Crippen molar-refractivity contribution >= 4 is 5.78 Å². The maximum absolute atomic E-state index is 12.4. The van der Waals surface area contributed by atoms with E-state index in [9.17, 15) is 4.79 Å². The highest BCUT2D eigenvalue weighted by molar-refractivity contribution is 6.08.